The molecule has 0 spiro atoms. The zero-order valence-corrected chi connectivity index (χ0v) is 23.2. The number of alkyl halides is 3. The Bertz CT molecular complexity index is 1550. The summed E-state index contributed by atoms with van der Waals surface area (Å²) in [4.78, 5) is 21.4. The van der Waals surface area contributed by atoms with Crippen LogP contribution in [0.3, 0.4) is 0 Å². The number of piperazine rings is 1. The summed E-state index contributed by atoms with van der Waals surface area (Å²) in [5.41, 5.74) is -0.512. The summed E-state index contributed by atoms with van der Waals surface area (Å²) in [6.45, 7) is 8.14. The van der Waals surface area contributed by atoms with E-state index < -0.39 is 29.6 Å². The van der Waals surface area contributed by atoms with Crippen LogP contribution in [0.5, 0.6) is 5.75 Å². The molecule has 1 N–H and O–H groups in total. The van der Waals surface area contributed by atoms with Crippen molar-refractivity contribution < 1.29 is 32.2 Å². The molecule has 42 heavy (non-hydrogen) atoms. The second-order valence-electron chi connectivity index (χ2n) is 9.50. The van der Waals surface area contributed by atoms with Crippen molar-refractivity contribution in [2.45, 2.75) is 19.1 Å². The van der Waals surface area contributed by atoms with Gasteiger partial charge >= 0.3 is 6.18 Å². The van der Waals surface area contributed by atoms with E-state index >= 15 is 0 Å². The van der Waals surface area contributed by atoms with Gasteiger partial charge < -0.3 is 14.7 Å². The number of carbonyl (C=O) groups excluding carboxylic acids is 1. The molecule has 222 valence electrons. The second-order valence-corrected chi connectivity index (χ2v) is 9.50. The summed E-state index contributed by atoms with van der Waals surface area (Å²) >= 11 is 0. The third-order valence-corrected chi connectivity index (χ3v) is 7.23. The van der Waals surface area contributed by atoms with Gasteiger partial charge in [-0.25, -0.2) is 13.9 Å². The van der Waals surface area contributed by atoms with E-state index in [2.05, 4.69) is 23.2 Å². The summed E-state index contributed by atoms with van der Waals surface area (Å²) in [5.74, 6) is -0.400. The van der Waals surface area contributed by atoms with Crippen LogP contribution in [0.15, 0.2) is 67.9 Å². The minimum Gasteiger partial charge on any atom is -0.497 e. The van der Waals surface area contributed by atoms with E-state index in [0.29, 0.717) is 34.5 Å². The van der Waals surface area contributed by atoms with Crippen LogP contribution in [-0.2, 0) is 6.18 Å². The van der Waals surface area contributed by atoms with Gasteiger partial charge in [-0.05, 0) is 37.3 Å². The Hall–Kier alpha value is -4.29. The van der Waals surface area contributed by atoms with Crippen LogP contribution in [0.4, 0.5) is 17.6 Å². The van der Waals surface area contributed by atoms with E-state index in [0.717, 1.165) is 6.20 Å². The van der Waals surface area contributed by atoms with Crippen LogP contribution in [0.2, 0.25) is 0 Å². The van der Waals surface area contributed by atoms with Crippen molar-refractivity contribution in [2.24, 2.45) is 0 Å². The number of aliphatic hydroxyl groups is 1. The Morgan fingerprint density at radius 2 is 1.71 bits per heavy atom. The van der Waals surface area contributed by atoms with Crippen molar-refractivity contribution in [1.29, 1.82) is 0 Å². The van der Waals surface area contributed by atoms with Crippen molar-refractivity contribution >= 4 is 11.6 Å². The Balaban J connectivity index is 0.00000198. The predicted molar refractivity (Wildman–Crippen MR) is 150 cm³/mol. The summed E-state index contributed by atoms with van der Waals surface area (Å²) in [5, 5.41) is 13.9. The van der Waals surface area contributed by atoms with E-state index in [1.165, 1.54) is 25.0 Å². The summed E-state index contributed by atoms with van der Waals surface area (Å²) in [7, 11) is 1.49. The fraction of sp³-hybridized carbons (Fsp3) is 0.300. The first-order chi connectivity index (χ1) is 20.1. The van der Waals surface area contributed by atoms with Crippen molar-refractivity contribution in [2.75, 3.05) is 39.9 Å². The van der Waals surface area contributed by atoms with Crippen LogP contribution in [-0.4, -0.2) is 75.3 Å². The van der Waals surface area contributed by atoms with Gasteiger partial charge in [0.15, 0.2) is 11.3 Å². The van der Waals surface area contributed by atoms with Gasteiger partial charge in [0.25, 0.3) is 5.91 Å². The maximum atomic E-state index is 14.4. The molecule has 5 rings (SSSR count). The molecule has 1 saturated heterocycles. The van der Waals surface area contributed by atoms with Crippen molar-refractivity contribution in [3.63, 3.8) is 0 Å². The molecule has 2 aromatic heterocycles. The van der Waals surface area contributed by atoms with Crippen LogP contribution < -0.4 is 4.74 Å². The average molecular weight is 586 g/mol. The highest BCUT2D eigenvalue weighted by atomic mass is 19.4. The van der Waals surface area contributed by atoms with Gasteiger partial charge in [-0.2, -0.15) is 18.3 Å². The van der Waals surface area contributed by atoms with Gasteiger partial charge in [0.1, 0.15) is 17.1 Å². The SMILES string of the molecule is C=C.COc1ccc(-c2nc3c(C(=O)N4CCN([C@H](CO)c5ccccc5F)CC4)cnn3c(C(F)(F)F)c2C)cc1. The number of rotatable bonds is 6. The smallest absolute Gasteiger partial charge is 0.433 e. The normalized spacial score (nSPS) is 14.8. The van der Waals surface area contributed by atoms with Gasteiger partial charge in [0.2, 0.25) is 0 Å². The quantitative estimate of drug-likeness (QED) is 0.249. The number of methoxy groups -OCH3 is 1. The molecule has 1 aliphatic heterocycles. The number of benzene rings is 2. The largest absolute Gasteiger partial charge is 0.497 e. The number of fused-ring (bicyclic) bond motifs is 1. The zero-order valence-electron chi connectivity index (χ0n) is 23.2. The molecule has 8 nitrogen and oxygen atoms in total. The maximum absolute atomic E-state index is 14.4. The van der Waals surface area contributed by atoms with E-state index in [-0.39, 0.29) is 42.2 Å². The zero-order chi connectivity index (χ0) is 30.6. The second kappa shape index (κ2) is 12.7. The first-order valence-electron chi connectivity index (χ1n) is 13.1. The van der Waals surface area contributed by atoms with Gasteiger partial charge in [-0.15, -0.1) is 13.2 Å². The maximum Gasteiger partial charge on any atom is 0.433 e. The molecule has 1 aliphatic rings. The molecular formula is C30H31F4N5O3. The predicted octanol–water partition coefficient (Wildman–Crippen LogP) is 5.16. The number of hydrogen-bond acceptors (Lipinski definition) is 6. The highest BCUT2D eigenvalue weighted by Crippen LogP contribution is 2.37. The minimum absolute atomic E-state index is 0.0541. The molecule has 0 radical (unpaired) electrons. The highest BCUT2D eigenvalue weighted by Gasteiger charge is 2.39. The van der Waals surface area contributed by atoms with Gasteiger partial charge in [0, 0.05) is 42.9 Å². The minimum atomic E-state index is -4.75. The molecule has 0 saturated carbocycles. The lowest BCUT2D eigenvalue weighted by atomic mass is 10.0. The van der Waals surface area contributed by atoms with Crippen LogP contribution in [0.25, 0.3) is 16.9 Å². The summed E-state index contributed by atoms with van der Waals surface area (Å²) in [6, 6.07) is 12.1. The number of amides is 1. The lowest BCUT2D eigenvalue weighted by molar-refractivity contribution is -0.143. The fourth-order valence-electron chi connectivity index (χ4n) is 5.15. The van der Waals surface area contributed by atoms with Crippen LogP contribution >= 0.6 is 0 Å². The van der Waals surface area contributed by atoms with Gasteiger partial charge in [-0.1, -0.05) is 18.2 Å². The number of ether oxygens (including phenoxy) is 1. The Kier molecular flexibility index (Phi) is 9.27. The summed E-state index contributed by atoms with van der Waals surface area (Å²) < 4.78 is 62.8. The Labute approximate surface area is 240 Å². The van der Waals surface area contributed by atoms with E-state index in [9.17, 15) is 27.5 Å². The number of aromatic nitrogens is 3. The Morgan fingerprint density at radius 3 is 2.29 bits per heavy atom. The first kappa shape index (κ1) is 30.7. The molecule has 0 aliphatic carbocycles. The lowest BCUT2D eigenvalue weighted by Gasteiger charge is -2.38. The molecule has 0 unspecified atom stereocenters. The fourth-order valence-corrected chi connectivity index (χ4v) is 5.15. The average Bonchev–Trinajstić information content (AvgIpc) is 3.41. The van der Waals surface area contributed by atoms with Crippen molar-refractivity contribution in [1.82, 2.24) is 24.4 Å². The molecule has 0 bridgehead atoms. The monoisotopic (exact) mass is 585 g/mol. The third-order valence-electron chi connectivity index (χ3n) is 7.23. The van der Waals surface area contributed by atoms with Crippen LogP contribution in [0, 0.1) is 12.7 Å². The molecule has 2 aromatic carbocycles. The Morgan fingerprint density at radius 1 is 1.07 bits per heavy atom. The molecule has 12 heteroatoms. The summed E-state index contributed by atoms with van der Waals surface area (Å²) in [6.07, 6.45) is -3.64. The number of aliphatic hydroxyl groups excluding tert-OH is 1. The molecule has 1 atom stereocenters. The molecule has 4 aromatic rings. The highest BCUT2D eigenvalue weighted by molar-refractivity contribution is 6.00. The van der Waals surface area contributed by atoms with E-state index in [1.54, 1.807) is 42.5 Å². The van der Waals surface area contributed by atoms with Gasteiger partial charge in [0.05, 0.1) is 31.6 Å². The number of carbonyl (C=O) groups is 1. The molecule has 1 fully saturated rings. The third kappa shape index (κ3) is 5.86. The lowest BCUT2D eigenvalue weighted by Crippen LogP contribution is -2.50. The van der Waals surface area contributed by atoms with E-state index in [4.69, 9.17) is 4.74 Å². The number of hydrogen-bond donors (Lipinski definition) is 1. The van der Waals surface area contributed by atoms with Crippen molar-refractivity contribution in [3.05, 3.63) is 96.1 Å². The topological polar surface area (TPSA) is 83.2 Å². The van der Waals surface area contributed by atoms with Crippen molar-refractivity contribution in [3.8, 4) is 17.0 Å². The molecule has 3 heterocycles. The van der Waals surface area contributed by atoms with Crippen LogP contribution in [0.1, 0.15) is 33.2 Å². The van der Waals surface area contributed by atoms with E-state index in [1.807, 2.05) is 4.90 Å². The van der Waals surface area contributed by atoms with Gasteiger partial charge in [-0.3, -0.25) is 9.69 Å². The molecule has 1 amide bonds. The number of nitrogens with zero attached hydrogens (tertiary/aromatic N) is 5. The first-order valence-corrected chi connectivity index (χ1v) is 13.1. The molecular weight excluding hydrogens is 554 g/mol. The standard InChI is InChI=1S/C28H27F4N5O3.C2H4/c1-17-24(18-7-9-19(40-2)10-8-18)34-26-21(15-33-37(26)25(17)28(30,31)32)27(39)36-13-11-35(12-14-36)23(16-38)20-5-3-4-6-22(20)29;1-2/h3-10,15,23,38H,11-14,16H2,1-2H3;1-2H2/t23-;/m1./s1. The number of halogens is 4.